The summed E-state index contributed by atoms with van der Waals surface area (Å²) >= 11 is 0. The first-order chi connectivity index (χ1) is 9.69. The van der Waals surface area contributed by atoms with E-state index in [0.717, 1.165) is 5.56 Å². The zero-order chi connectivity index (χ0) is 14.4. The molecule has 0 bridgehead atoms. The van der Waals surface area contributed by atoms with Crippen molar-refractivity contribution in [3.05, 3.63) is 35.9 Å². The first-order valence-electron chi connectivity index (χ1n) is 6.85. The van der Waals surface area contributed by atoms with Crippen molar-refractivity contribution in [3.8, 4) is 0 Å². The van der Waals surface area contributed by atoms with Crippen molar-refractivity contribution in [1.29, 1.82) is 0 Å². The number of hydrogen-bond acceptors (Lipinski definition) is 4. The minimum Gasteiger partial charge on any atom is -0.394 e. The quantitative estimate of drug-likeness (QED) is 0.866. The molecule has 2 unspecified atom stereocenters. The number of amides is 1. The zero-order valence-corrected chi connectivity index (χ0v) is 11.7. The van der Waals surface area contributed by atoms with Gasteiger partial charge in [-0.1, -0.05) is 30.3 Å². The van der Waals surface area contributed by atoms with E-state index in [9.17, 15) is 4.79 Å². The van der Waals surface area contributed by atoms with Gasteiger partial charge in [0.05, 0.1) is 25.4 Å². The van der Waals surface area contributed by atoms with Crippen molar-refractivity contribution in [2.75, 3.05) is 26.3 Å². The van der Waals surface area contributed by atoms with E-state index in [1.165, 1.54) is 0 Å². The Labute approximate surface area is 119 Å². The summed E-state index contributed by atoms with van der Waals surface area (Å²) in [5, 5.41) is 9.14. The van der Waals surface area contributed by atoms with Crippen molar-refractivity contribution in [3.63, 3.8) is 0 Å². The Balaban J connectivity index is 1.76. The first kappa shape index (κ1) is 15.0. The minimum atomic E-state index is -0.295. The fourth-order valence-electron chi connectivity index (χ4n) is 2.27. The van der Waals surface area contributed by atoms with Gasteiger partial charge in [-0.05, 0) is 12.5 Å². The monoisotopic (exact) mass is 279 g/mol. The molecule has 0 radical (unpaired) electrons. The normalized spacial score (nSPS) is 22.8. The van der Waals surface area contributed by atoms with E-state index in [1.54, 1.807) is 4.90 Å². The number of benzene rings is 1. The molecule has 1 saturated heterocycles. The van der Waals surface area contributed by atoms with Crippen molar-refractivity contribution < 1.29 is 19.4 Å². The second-order valence-corrected chi connectivity index (χ2v) is 5.03. The summed E-state index contributed by atoms with van der Waals surface area (Å²) in [5.41, 5.74) is 1.05. The summed E-state index contributed by atoms with van der Waals surface area (Å²) in [6.45, 7) is 3.28. The van der Waals surface area contributed by atoms with Gasteiger partial charge in [0.15, 0.2) is 0 Å². The van der Waals surface area contributed by atoms with Gasteiger partial charge in [-0.2, -0.15) is 0 Å². The molecular weight excluding hydrogens is 258 g/mol. The van der Waals surface area contributed by atoms with Crippen LogP contribution in [-0.2, 0) is 20.9 Å². The van der Waals surface area contributed by atoms with Crippen LogP contribution in [0.1, 0.15) is 12.5 Å². The van der Waals surface area contributed by atoms with E-state index < -0.39 is 0 Å². The third-order valence-corrected chi connectivity index (χ3v) is 3.22. The Kier molecular flexibility index (Phi) is 5.52. The van der Waals surface area contributed by atoms with Gasteiger partial charge in [-0.3, -0.25) is 4.79 Å². The van der Waals surface area contributed by atoms with Crippen LogP contribution in [0.2, 0.25) is 0 Å². The molecule has 20 heavy (non-hydrogen) atoms. The Morgan fingerprint density at radius 2 is 2.15 bits per heavy atom. The minimum absolute atomic E-state index is 0.0553. The standard InChI is InChI=1S/C15H21NO4/c1-12-7-16(8-14(9-17)20-12)15(18)11-19-10-13-5-3-2-4-6-13/h2-6,12,14,17H,7-11H2,1H3. The highest BCUT2D eigenvalue weighted by Gasteiger charge is 2.27. The van der Waals surface area contributed by atoms with E-state index in [1.807, 2.05) is 37.3 Å². The average molecular weight is 279 g/mol. The predicted molar refractivity (Wildman–Crippen MR) is 74.1 cm³/mol. The molecule has 1 aromatic carbocycles. The number of rotatable bonds is 5. The molecule has 1 aliphatic heterocycles. The molecule has 0 aliphatic carbocycles. The van der Waals surface area contributed by atoms with E-state index in [-0.39, 0.29) is 31.3 Å². The van der Waals surface area contributed by atoms with Crippen LogP contribution in [0.3, 0.4) is 0 Å². The summed E-state index contributed by atoms with van der Waals surface area (Å²) in [6, 6.07) is 9.75. The van der Waals surface area contributed by atoms with Crippen LogP contribution in [0.15, 0.2) is 30.3 Å². The van der Waals surface area contributed by atoms with Crippen molar-refractivity contribution in [1.82, 2.24) is 4.90 Å². The van der Waals surface area contributed by atoms with Crippen LogP contribution in [-0.4, -0.2) is 54.4 Å². The van der Waals surface area contributed by atoms with E-state index in [2.05, 4.69) is 0 Å². The third kappa shape index (κ3) is 4.30. The van der Waals surface area contributed by atoms with Gasteiger partial charge in [0, 0.05) is 13.1 Å². The number of ether oxygens (including phenoxy) is 2. The lowest BCUT2D eigenvalue weighted by Gasteiger charge is -2.36. The summed E-state index contributed by atoms with van der Waals surface area (Å²) in [6.07, 6.45) is -0.351. The van der Waals surface area contributed by atoms with Crippen LogP contribution in [0.5, 0.6) is 0 Å². The van der Waals surface area contributed by atoms with Gasteiger partial charge in [0.25, 0.3) is 0 Å². The largest absolute Gasteiger partial charge is 0.394 e. The van der Waals surface area contributed by atoms with Gasteiger partial charge in [0.2, 0.25) is 5.91 Å². The van der Waals surface area contributed by atoms with Gasteiger partial charge < -0.3 is 19.5 Å². The molecule has 5 nitrogen and oxygen atoms in total. The van der Waals surface area contributed by atoms with Crippen molar-refractivity contribution >= 4 is 5.91 Å². The highest BCUT2D eigenvalue weighted by Crippen LogP contribution is 2.11. The number of aliphatic hydroxyl groups excluding tert-OH is 1. The SMILES string of the molecule is CC1CN(C(=O)COCc2ccccc2)CC(CO)O1. The van der Waals surface area contributed by atoms with Crippen LogP contribution in [0, 0.1) is 0 Å². The van der Waals surface area contributed by atoms with Crippen LogP contribution < -0.4 is 0 Å². The lowest BCUT2D eigenvalue weighted by molar-refractivity contribution is -0.151. The average Bonchev–Trinajstić information content (AvgIpc) is 2.47. The van der Waals surface area contributed by atoms with Crippen LogP contribution in [0.4, 0.5) is 0 Å². The molecule has 0 saturated carbocycles. The fraction of sp³-hybridized carbons (Fsp3) is 0.533. The third-order valence-electron chi connectivity index (χ3n) is 3.22. The van der Waals surface area contributed by atoms with Gasteiger partial charge in [-0.15, -0.1) is 0 Å². The topological polar surface area (TPSA) is 59.0 Å². The van der Waals surface area contributed by atoms with Gasteiger partial charge >= 0.3 is 0 Å². The Hall–Kier alpha value is -1.43. The highest BCUT2D eigenvalue weighted by atomic mass is 16.5. The van der Waals surface area contributed by atoms with Gasteiger partial charge in [0.1, 0.15) is 6.61 Å². The molecule has 1 N–H and O–H groups in total. The maximum atomic E-state index is 12.1. The molecule has 5 heteroatoms. The molecule has 1 amide bonds. The van der Waals surface area contributed by atoms with Gasteiger partial charge in [-0.25, -0.2) is 0 Å². The second kappa shape index (κ2) is 7.38. The molecule has 1 aliphatic rings. The highest BCUT2D eigenvalue weighted by molar-refractivity contribution is 5.77. The maximum Gasteiger partial charge on any atom is 0.248 e. The lowest BCUT2D eigenvalue weighted by atomic mass is 10.2. The molecule has 1 aromatic rings. The molecule has 2 atom stereocenters. The number of aliphatic hydroxyl groups is 1. The predicted octanol–water partition coefficient (Wildman–Crippen LogP) is 0.811. The van der Waals surface area contributed by atoms with E-state index in [4.69, 9.17) is 14.6 Å². The first-order valence-corrected chi connectivity index (χ1v) is 6.85. The smallest absolute Gasteiger partial charge is 0.248 e. The molecule has 0 spiro atoms. The van der Waals surface area contributed by atoms with E-state index in [0.29, 0.717) is 19.7 Å². The Morgan fingerprint density at radius 1 is 1.40 bits per heavy atom. The fourth-order valence-corrected chi connectivity index (χ4v) is 2.27. The number of carbonyl (C=O) groups excluding carboxylic acids is 1. The molecule has 0 aromatic heterocycles. The molecular formula is C15H21NO4. The number of carbonyl (C=O) groups is 1. The summed E-state index contributed by atoms with van der Waals surface area (Å²) in [5.74, 6) is -0.0606. The number of nitrogens with zero attached hydrogens (tertiary/aromatic N) is 1. The number of hydrogen-bond donors (Lipinski definition) is 1. The second-order valence-electron chi connectivity index (χ2n) is 5.03. The van der Waals surface area contributed by atoms with Crippen LogP contribution in [0.25, 0.3) is 0 Å². The van der Waals surface area contributed by atoms with Crippen LogP contribution >= 0.6 is 0 Å². The molecule has 2 rings (SSSR count). The summed E-state index contributed by atoms with van der Waals surface area (Å²) < 4.78 is 10.9. The lowest BCUT2D eigenvalue weighted by Crippen LogP contribution is -2.51. The van der Waals surface area contributed by atoms with E-state index >= 15 is 0 Å². The summed E-state index contributed by atoms with van der Waals surface area (Å²) in [7, 11) is 0. The maximum absolute atomic E-state index is 12.1. The zero-order valence-electron chi connectivity index (χ0n) is 11.7. The molecule has 1 fully saturated rings. The van der Waals surface area contributed by atoms with Crippen molar-refractivity contribution in [2.45, 2.75) is 25.7 Å². The summed E-state index contributed by atoms with van der Waals surface area (Å²) in [4.78, 5) is 13.8. The molecule has 110 valence electrons. The van der Waals surface area contributed by atoms with Crippen molar-refractivity contribution in [2.24, 2.45) is 0 Å². The molecule has 1 heterocycles. The Morgan fingerprint density at radius 3 is 2.85 bits per heavy atom. The Bertz CT molecular complexity index is 423. The number of morpholine rings is 1.